The molecule has 0 spiro atoms. The first-order chi connectivity index (χ1) is 7.07. The molecule has 0 aromatic heterocycles. The molecule has 0 aliphatic carbocycles. The SMILES string of the molecule is CC(C)NC(C)(CCSC(C)(C)C)C(=O)O. The van der Waals surface area contributed by atoms with Gasteiger partial charge >= 0.3 is 5.97 Å². The lowest BCUT2D eigenvalue weighted by atomic mass is 9.98. The number of hydrogen-bond acceptors (Lipinski definition) is 3. The van der Waals surface area contributed by atoms with Crippen LogP contribution in [0.3, 0.4) is 0 Å². The maximum absolute atomic E-state index is 11.2. The molecule has 0 rings (SSSR count). The maximum atomic E-state index is 11.2. The third kappa shape index (κ3) is 6.38. The van der Waals surface area contributed by atoms with Crippen molar-refractivity contribution in [1.29, 1.82) is 0 Å². The predicted molar refractivity (Wildman–Crippen MR) is 71.1 cm³/mol. The highest BCUT2D eigenvalue weighted by atomic mass is 32.2. The van der Waals surface area contributed by atoms with E-state index >= 15 is 0 Å². The molecule has 4 heteroatoms. The van der Waals surface area contributed by atoms with Gasteiger partial charge in [0.25, 0.3) is 0 Å². The number of carboxylic acid groups (broad SMARTS) is 1. The molecule has 0 aromatic carbocycles. The highest BCUT2D eigenvalue weighted by molar-refractivity contribution is 8.00. The Morgan fingerprint density at radius 2 is 1.81 bits per heavy atom. The minimum Gasteiger partial charge on any atom is -0.480 e. The standard InChI is InChI=1S/C12H25NO2S/c1-9(2)13-12(6,10(14)15)7-8-16-11(3,4)5/h9,13H,7-8H2,1-6H3,(H,14,15). The average Bonchev–Trinajstić information content (AvgIpc) is 1.99. The van der Waals surface area contributed by atoms with Crippen molar-refractivity contribution >= 4 is 17.7 Å². The molecule has 0 aromatic rings. The van der Waals surface area contributed by atoms with Crippen molar-refractivity contribution < 1.29 is 9.90 Å². The summed E-state index contributed by atoms with van der Waals surface area (Å²) in [6, 6.07) is 0.181. The molecule has 0 aliphatic rings. The van der Waals surface area contributed by atoms with Crippen LogP contribution >= 0.6 is 11.8 Å². The fourth-order valence-electron chi connectivity index (χ4n) is 1.44. The van der Waals surface area contributed by atoms with Crippen LogP contribution in [-0.2, 0) is 4.79 Å². The fourth-order valence-corrected chi connectivity index (χ4v) is 2.56. The van der Waals surface area contributed by atoms with E-state index in [1.54, 1.807) is 18.7 Å². The summed E-state index contributed by atoms with van der Waals surface area (Å²) in [6.07, 6.45) is 0.641. The van der Waals surface area contributed by atoms with Crippen molar-refractivity contribution in [2.45, 2.75) is 64.3 Å². The van der Waals surface area contributed by atoms with Crippen molar-refractivity contribution in [2.24, 2.45) is 0 Å². The molecular formula is C12H25NO2S. The molecule has 0 aliphatic heterocycles. The summed E-state index contributed by atoms with van der Waals surface area (Å²) in [4.78, 5) is 11.2. The van der Waals surface area contributed by atoms with Gasteiger partial charge in [-0.3, -0.25) is 10.1 Å². The molecule has 3 nitrogen and oxygen atoms in total. The van der Waals surface area contributed by atoms with Crippen molar-refractivity contribution in [3.63, 3.8) is 0 Å². The Morgan fingerprint density at radius 3 is 2.12 bits per heavy atom. The quantitative estimate of drug-likeness (QED) is 0.758. The van der Waals surface area contributed by atoms with E-state index in [2.05, 4.69) is 26.1 Å². The van der Waals surface area contributed by atoms with E-state index in [0.29, 0.717) is 6.42 Å². The number of carbonyl (C=O) groups is 1. The molecule has 1 unspecified atom stereocenters. The minimum atomic E-state index is -0.813. The molecule has 0 saturated carbocycles. The van der Waals surface area contributed by atoms with E-state index in [4.69, 9.17) is 0 Å². The van der Waals surface area contributed by atoms with E-state index in [0.717, 1.165) is 5.75 Å². The molecule has 0 radical (unpaired) electrons. The van der Waals surface area contributed by atoms with E-state index in [-0.39, 0.29) is 10.8 Å². The van der Waals surface area contributed by atoms with Gasteiger partial charge in [-0.2, -0.15) is 11.8 Å². The van der Waals surface area contributed by atoms with Gasteiger partial charge in [0.1, 0.15) is 5.54 Å². The smallest absolute Gasteiger partial charge is 0.323 e. The van der Waals surface area contributed by atoms with E-state index in [9.17, 15) is 9.90 Å². The van der Waals surface area contributed by atoms with Crippen LogP contribution in [0.2, 0.25) is 0 Å². The van der Waals surface area contributed by atoms with Crippen LogP contribution in [0.25, 0.3) is 0 Å². The summed E-state index contributed by atoms with van der Waals surface area (Å²) in [6.45, 7) is 12.1. The summed E-state index contributed by atoms with van der Waals surface area (Å²) in [5.74, 6) is 0.0853. The number of nitrogens with one attached hydrogen (secondary N) is 1. The molecule has 0 heterocycles. The molecule has 0 fully saturated rings. The molecular weight excluding hydrogens is 222 g/mol. The lowest BCUT2D eigenvalue weighted by molar-refractivity contribution is -0.144. The molecule has 0 saturated heterocycles. The van der Waals surface area contributed by atoms with Gasteiger partial charge < -0.3 is 5.11 Å². The Bertz CT molecular complexity index is 236. The largest absolute Gasteiger partial charge is 0.480 e. The monoisotopic (exact) mass is 247 g/mol. The van der Waals surface area contributed by atoms with Crippen molar-refractivity contribution in [2.75, 3.05) is 5.75 Å². The number of carboxylic acids is 1. The first-order valence-corrected chi connectivity index (χ1v) is 6.70. The number of aliphatic carboxylic acids is 1. The average molecular weight is 247 g/mol. The highest BCUT2D eigenvalue weighted by Gasteiger charge is 2.33. The fraction of sp³-hybridized carbons (Fsp3) is 0.917. The second kappa shape index (κ2) is 5.92. The summed E-state index contributed by atoms with van der Waals surface area (Å²) < 4.78 is 0.192. The second-order valence-corrected chi connectivity index (χ2v) is 7.57. The van der Waals surface area contributed by atoms with Crippen LogP contribution in [0.5, 0.6) is 0 Å². The number of hydrogen-bond donors (Lipinski definition) is 2. The lowest BCUT2D eigenvalue weighted by Gasteiger charge is -2.29. The molecule has 16 heavy (non-hydrogen) atoms. The first-order valence-electron chi connectivity index (χ1n) is 5.72. The molecule has 1 atom stereocenters. The van der Waals surface area contributed by atoms with Gasteiger partial charge in [0.05, 0.1) is 0 Å². The van der Waals surface area contributed by atoms with Crippen molar-refractivity contribution in [1.82, 2.24) is 5.32 Å². The van der Waals surface area contributed by atoms with Gasteiger partial charge in [-0.25, -0.2) is 0 Å². The minimum absolute atomic E-state index is 0.181. The second-order valence-electron chi connectivity index (χ2n) is 5.65. The zero-order valence-electron chi connectivity index (χ0n) is 11.3. The van der Waals surface area contributed by atoms with E-state index < -0.39 is 11.5 Å². The Labute approximate surface area is 103 Å². The van der Waals surface area contributed by atoms with Crippen molar-refractivity contribution in [3.8, 4) is 0 Å². The molecule has 0 amide bonds. The van der Waals surface area contributed by atoms with Crippen LogP contribution < -0.4 is 5.32 Å². The maximum Gasteiger partial charge on any atom is 0.323 e. The van der Waals surface area contributed by atoms with Gasteiger partial charge in [0.2, 0.25) is 0 Å². The third-order valence-electron chi connectivity index (χ3n) is 2.22. The van der Waals surface area contributed by atoms with Gasteiger partial charge in [-0.1, -0.05) is 20.8 Å². The van der Waals surface area contributed by atoms with Gasteiger partial charge in [-0.05, 0) is 32.9 Å². The molecule has 0 bridgehead atoms. The highest BCUT2D eigenvalue weighted by Crippen LogP contribution is 2.26. The van der Waals surface area contributed by atoms with Crippen LogP contribution in [-0.4, -0.2) is 33.2 Å². The number of thioether (sulfide) groups is 1. The van der Waals surface area contributed by atoms with Crippen LogP contribution in [0.4, 0.5) is 0 Å². The summed E-state index contributed by atoms with van der Waals surface area (Å²) >= 11 is 1.80. The Hall–Kier alpha value is -0.220. The zero-order chi connectivity index (χ0) is 13.0. The summed E-state index contributed by atoms with van der Waals surface area (Å²) in [5, 5.41) is 12.4. The number of rotatable bonds is 6. The summed E-state index contributed by atoms with van der Waals surface area (Å²) in [5.41, 5.74) is -0.813. The topological polar surface area (TPSA) is 49.3 Å². The summed E-state index contributed by atoms with van der Waals surface area (Å²) in [7, 11) is 0. The van der Waals surface area contributed by atoms with Gasteiger partial charge in [-0.15, -0.1) is 0 Å². The van der Waals surface area contributed by atoms with Crippen molar-refractivity contribution in [3.05, 3.63) is 0 Å². The predicted octanol–water partition coefficient (Wildman–Crippen LogP) is 2.75. The lowest BCUT2D eigenvalue weighted by Crippen LogP contribution is -2.52. The zero-order valence-corrected chi connectivity index (χ0v) is 12.1. The van der Waals surface area contributed by atoms with Gasteiger partial charge in [0.15, 0.2) is 0 Å². The van der Waals surface area contributed by atoms with E-state index in [1.807, 2.05) is 13.8 Å². The van der Waals surface area contributed by atoms with E-state index in [1.165, 1.54) is 0 Å². The van der Waals surface area contributed by atoms with Crippen LogP contribution in [0, 0.1) is 0 Å². The Morgan fingerprint density at radius 1 is 1.31 bits per heavy atom. The van der Waals surface area contributed by atoms with Crippen LogP contribution in [0.1, 0.15) is 48.0 Å². The molecule has 2 N–H and O–H groups in total. The normalized spacial score (nSPS) is 16.2. The van der Waals surface area contributed by atoms with Crippen LogP contribution in [0.15, 0.2) is 0 Å². The Balaban J connectivity index is 4.29. The van der Waals surface area contributed by atoms with Gasteiger partial charge in [0, 0.05) is 10.8 Å². The third-order valence-corrected chi connectivity index (χ3v) is 3.49. The Kier molecular flexibility index (Phi) is 5.84. The first kappa shape index (κ1) is 15.8. The molecule has 96 valence electrons.